The molecule has 2 aromatic carbocycles. The van der Waals surface area contributed by atoms with Gasteiger partial charge in [0, 0.05) is 16.5 Å². The zero-order valence-electron chi connectivity index (χ0n) is 13.2. The highest BCUT2D eigenvalue weighted by Crippen LogP contribution is 2.39. The van der Waals surface area contributed by atoms with Crippen molar-refractivity contribution in [3.05, 3.63) is 54.1 Å². The Morgan fingerprint density at radius 1 is 1.17 bits per heavy atom. The van der Waals surface area contributed by atoms with Crippen LogP contribution in [0.2, 0.25) is 0 Å². The molecule has 1 aliphatic rings. The highest BCUT2D eigenvalue weighted by molar-refractivity contribution is 6.06. The van der Waals surface area contributed by atoms with Crippen LogP contribution in [-0.2, 0) is 27.3 Å². The van der Waals surface area contributed by atoms with Gasteiger partial charge in [-0.3, -0.25) is 9.59 Å². The number of hydrogen-bond acceptors (Lipinski definition) is 3. The summed E-state index contributed by atoms with van der Waals surface area (Å²) in [5, 5.41) is 3.94. The lowest BCUT2D eigenvalue weighted by atomic mass is 10.0. The zero-order valence-corrected chi connectivity index (χ0v) is 13.2. The van der Waals surface area contributed by atoms with Crippen LogP contribution in [0, 0.1) is 0 Å². The number of fused-ring (bicyclic) bond motifs is 5. The Kier molecular flexibility index (Phi) is 3.34. The highest BCUT2D eigenvalue weighted by atomic mass is 16.5. The number of para-hydroxylation sites is 2. The maximum atomic E-state index is 12.3. The molecule has 1 aliphatic heterocycles. The normalized spacial score (nSPS) is 13.0. The largest absolute Gasteiger partial charge is 0.468 e. The van der Waals surface area contributed by atoms with Crippen molar-refractivity contribution < 1.29 is 14.3 Å². The van der Waals surface area contributed by atoms with E-state index in [2.05, 4.69) is 5.32 Å². The number of hydrogen-bond donors (Lipinski definition) is 1. The molecule has 0 bridgehead atoms. The van der Waals surface area contributed by atoms with E-state index in [0.717, 1.165) is 33.4 Å². The first kappa shape index (κ1) is 14.5. The second-order valence-corrected chi connectivity index (χ2v) is 5.78. The van der Waals surface area contributed by atoms with Crippen LogP contribution in [0.3, 0.4) is 0 Å². The number of aromatic nitrogens is 1. The van der Waals surface area contributed by atoms with Gasteiger partial charge < -0.3 is 14.6 Å². The molecule has 3 aromatic rings. The lowest BCUT2D eigenvalue weighted by Crippen LogP contribution is -2.12. The predicted molar refractivity (Wildman–Crippen MR) is 91.7 cm³/mol. The van der Waals surface area contributed by atoms with E-state index in [1.165, 1.54) is 7.11 Å². The summed E-state index contributed by atoms with van der Waals surface area (Å²) < 4.78 is 6.80. The van der Waals surface area contributed by atoms with Gasteiger partial charge in [-0.05, 0) is 17.7 Å². The number of ether oxygens (including phenoxy) is 1. The molecule has 24 heavy (non-hydrogen) atoms. The Morgan fingerprint density at radius 3 is 2.75 bits per heavy atom. The van der Waals surface area contributed by atoms with Crippen LogP contribution in [0.1, 0.15) is 5.56 Å². The molecule has 120 valence electrons. The Bertz CT molecular complexity index is 972. The third-order valence-electron chi connectivity index (χ3n) is 4.38. The molecule has 0 saturated heterocycles. The smallest absolute Gasteiger partial charge is 0.325 e. The van der Waals surface area contributed by atoms with Gasteiger partial charge >= 0.3 is 5.97 Å². The van der Waals surface area contributed by atoms with Gasteiger partial charge in [0.05, 0.1) is 24.9 Å². The first-order valence-electron chi connectivity index (χ1n) is 7.75. The van der Waals surface area contributed by atoms with E-state index in [1.54, 1.807) is 0 Å². The predicted octanol–water partition coefficient (Wildman–Crippen LogP) is 2.98. The number of methoxy groups -OCH3 is 1. The molecule has 2 heterocycles. The lowest BCUT2D eigenvalue weighted by Gasteiger charge is -2.12. The van der Waals surface area contributed by atoms with Crippen LogP contribution in [0.4, 0.5) is 5.69 Å². The maximum absolute atomic E-state index is 12.3. The average Bonchev–Trinajstić information content (AvgIpc) is 2.79. The fourth-order valence-corrected chi connectivity index (χ4v) is 3.37. The quantitative estimate of drug-likeness (QED) is 0.739. The number of esters is 1. The fraction of sp³-hybridized carbons (Fsp3) is 0.158. The highest BCUT2D eigenvalue weighted by Gasteiger charge is 2.26. The number of benzene rings is 2. The second-order valence-electron chi connectivity index (χ2n) is 5.78. The molecule has 5 nitrogen and oxygen atoms in total. The van der Waals surface area contributed by atoms with Gasteiger partial charge in [0.2, 0.25) is 5.91 Å². The van der Waals surface area contributed by atoms with Gasteiger partial charge in [0.15, 0.2) is 0 Å². The Morgan fingerprint density at radius 2 is 1.92 bits per heavy atom. The number of nitrogens with zero attached hydrogens (tertiary/aromatic N) is 1. The standard InChI is InChI=1S/C19H16N2O3/c1-24-18(23)11-21-16-9-5-3-6-12(16)14-10-17(22)20-15-8-4-2-7-13(15)19(14)21/h2-9H,10-11H2,1H3,(H,20,22). The molecule has 1 N–H and O–H groups in total. The molecular weight excluding hydrogens is 304 g/mol. The molecule has 0 spiro atoms. The van der Waals surface area contributed by atoms with Gasteiger partial charge in [0.25, 0.3) is 0 Å². The first-order chi connectivity index (χ1) is 11.7. The summed E-state index contributed by atoms with van der Waals surface area (Å²) in [5.41, 5.74) is 4.44. The van der Waals surface area contributed by atoms with Crippen molar-refractivity contribution in [1.29, 1.82) is 0 Å². The molecule has 0 atom stereocenters. The van der Waals surface area contributed by atoms with Crippen molar-refractivity contribution in [3.63, 3.8) is 0 Å². The number of nitrogens with one attached hydrogen (secondary N) is 1. The number of carbonyl (C=O) groups excluding carboxylic acids is 2. The lowest BCUT2D eigenvalue weighted by molar-refractivity contribution is -0.141. The average molecular weight is 320 g/mol. The Labute approximate surface area is 138 Å². The monoisotopic (exact) mass is 320 g/mol. The molecular formula is C19H16N2O3. The van der Waals surface area contributed by atoms with Crippen molar-refractivity contribution in [2.24, 2.45) is 0 Å². The topological polar surface area (TPSA) is 60.3 Å². The van der Waals surface area contributed by atoms with E-state index < -0.39 is 0 Å². The number of amides is 1. The summed E-state index contributed by atoms with van der Waals surface area (Å²) in [6, 6.07) is 15.5. The molecule has 0 aliphatic carbocycles. The third kappa shape index (κ3) is 2.17. The van der Waals surface area contributed by atoms with Crippen molar-refractivity contribution in [3.8, 4) is 11.3 Å². The van der Waals surface area contributed by atoms with Gasteiger partial charge in [-0.15, -0.1) is 0 Å². The minimum absolute atomic E-state index is 0.0535. The minimum atomic E-state index is -0.320. The maximum Gasteiger partial charge on any atom is 0.325 e. The van der Waals surface area contributed by atoms with E-state index >= 15 is 0 Å². The van der Waals surface area contributed by atoms with E-state index in [1.807, 2.05) is 53.1 Å². The second kappa shape index (κ2) is 5.53. The summed E-state index contributed by atoms with van der Waals surface area (Å²) in [7, 11) is 1.38. The van der Waals surface area contributed by atoms with Gasteiger partial charge in [-0.25, -0.2) is 0 Å². The molecule has 1 aromatic heterocycles. The van der Waals surface area contributed by atoms with Gasteiger partial charge in [-0.2, -0.15) is 0 Å². The van der Waals surface area contributed by atoms with Crippen LogP contribution >= 0.6 is 0 Å². The molecule has 4 rings (SSSR count). The van der Waals surface area contributed by atoms with Crippen molar-refractivity contribution in [1.82, 2.24) is 4.57 Å². The molecule has 0 radical (unpaired) electrons. The van der Waals surface area contributed by atoms with E-state index in [0.29, 0.717) is 0 Å². The fourth-order valence-electron chi connectivity index (χ4n) is 3.37. The van der Waals surface area contributed by atoms with Crippen LogP contribution in [0.15, 0.2) is 48.5 Å². The van der Waals surface area contributed by atoms with Crippen LogP contribution in [-0.4, -0.2) is 23.6 Å². The number of anilines is 1. The summed E-state index contributed by atoms with van der Waals surface area (Å²) in [5.74, 6) is -0.373. The van der Waals surface area contributed by atoms with Crippen molar-refractivity contribution in [2.75, 3.05) is 12.4 Å². The van der Waals surface area contributed by atoms with E-state index in [9.17, 15) is 9.59 Å². The molecule has 0 fully saturated rings. The molecule has 5 heteroatoms. The summed E-state index contributed by atoms with van der Waals surface area (Å²) in [6.45, 7) is 0.106. The van der Waals surface area contributed by atoms with Crippen molar-refractivity contribution in [2.45, 2.75) is 13.0 Å². The minimum Gasteiger partial charge on any atom is -0.468 e. The van der Waals surface area contributed by atoms with Crippen molar-refractivity contribution >= 4 is 28.5 Å². The number of rotatable bonds is 2. The van der Waals surface area contributed by atoms with Gasteiger partial charge in [-0.1, -0.05) is 36.4 Å². The first-order valence-corrected chi connectivity index (χ1v) is 7.75. The Hall–Kier alpha value is -3.08. The summed E-state index contributed by atoms with van der Waals surface area (Å²) in [4.78, 5) is 24.3. The van der Waals surface area contributed by atoms with Crippen LogP contribution < -0.4 is 5.32 Å². The molecule has 0 saturated carbocycles. The van der Waals surface area contributed by atoms with E-state index in [-0.39, 0.29) is 24.8 Å². The van der Waals surface area contributed by atoms with Gasteiger partial charge in [0.1, 0.15) is 6.54 Å². The molecule has 1 amide bonds. The van der Waals surface area contributed by atoms with Crippen LogP contribution in [0.25, 0.3) is 22.2 Å². The Balaban J connectivity index is 2.08. The summed E-state index contributed by atoms with van der Waals surface area (Å²) in [6.07, 6.45) is 0.276. The zero-order chi connectivity index (χ0) is 16.7. The third-order valence-corrected chi connectivity index (χ3v) is 4.38. The molecule has 0 unspecified atom stereocenters. The SMILES string of the molecule is COC(=O)Cn1c2c(c3ccccc31)CC(=O)Nc1ccccc1-2. The summed E-state index contributed by atoms with van der Waals surface area (Å²) >= 11 is 0. The van der Waals surface area contributed by atoms with E-state index in [4.69, 9.17) is 4.74 Å². The number of carbonyl (C=O) groups is 2. The van der Waals surface area contributed by atoms with Crippen LogP contribution in [0.5, 0.6) is 0 Å².